The van der Waals surface area contributed by atoms with Gasteiger partial charge in [0.25, 0.3) is 6.08 Å². The summed E-state index contributed by atoms with van der Waals surface area (Å²) in [6, 6.07) is 0. The van der Waals surface area contributed by atoms with Crippen LogP contribution in [0.3, 0.4) is 0 Å². The molecule has 0 aromatic carbocycles. The van der Waals surface area contributed by atoms with Crippen molar-refractivity contribution in [2.75, 3.05) is 0 Å². The van der Waals surface area contributed by atoms with E-state index in [-0.39, 0.29) is 0 Å². The van der Waals surface area contributed by atoms with Gasteiger partial charge in [-0.05, 0) is 55.9 Å². The highest BCUT2D eigenvalue weighted by atomic mass is 19.3. The maximum Gasteiger partial charge on any atom is 0.266 e. The maximum atomic E-state index is 12.0. The third kappa shape index (κ3) is 4.08. The second kappa shape index (κ2) is 6.51. The molecular weight excluding hydrogens is 218 g/mol. The zero-order valence-corrected chi connectivity index (χ0v) is 10.6. The summed E-state index contributed by atoms with van der Waals surface area (Å²) in [5.74, 6) is 2.39. The molecule has 0 nitrogen and oxygen atoms in total. The monoisotopic (exact) mass is 242 g/mol. The molecule has 0 amide bonds. The van der Waals surface area contributed by atoms with E-state index < -0.39 is 6.08 Å². The lowest BCUT2D eigenvalue weighted by Crippen LogP contribution is -2.23. The topological polar surface area (TPSA) is 0 Å². The van der Waals surface area contributed by atoms with E-state index in [1.807, 2.05) is 0 Å². The zero-order chi connectivity index (χ0) is 12.1. The van der Waals surface area contributed by atoms with Crippen molar-refractivity contribution in [2.24, 2.45) is 17.8 Å². The van der Waals surface area contributed by atoms with Crippen molar-refractivity contribution >= 4 is 0 Å². The number of rotatable bonds is 3. The fourth-order valence-electron chi connectivity index (χ4n) is 3.76. The Morgan fingerprint density at radius 1 is 0.824 bits per heavy atom. The molecule has 17 heavy (non-hydrogen) atoms. The van der Waals surface area contributed by atoms with E-state index in [0.29, 0.717) is 12.3 Å². The van der Waals surface area contributed by atoms with Crippen LogP contribution in [-0.4, -0.2) is 0 Å². The molecule has 0 aromatic heterocycles. The summed E-state index contributed by atoms with van der Waals surface area (Å²) in [6.45, 7) is 0. The van der Waals surface area contributed by atoms with Crippen molar-refractivity contribution in [2.45, 2.75) is 64.2 Å². The molecule has 0 radical (unpaired) electrons. The van der Waals surface area contributed by atoms with Crippen LogP contribution >= 0.6 is 0 Å². The first-order valence-electron chi connectivity index (χ1n) is 7.27. The molecule has 0 N–H and O–H groups in total. The predicted molar refractivity (Wildman–Crippen MR) is 66.9 cm³/mol. The van der Waals surface area contributed by atoms with Gasteiger partial charge in [-0.2, -0.15) is 8.78 Å². The summed E-state index contributed by atoms with van der Waals surface area (Å²) in [5.41, 5.74) is 0. The lowest BCUT2D eigenvalue weighted by atomic mass is 9.70. The van der Waals surface area contributed by atoms with Gasteiger partial charge >= 0.3 is 0 Å². The maximum absolute atomic E-state index is 12.0. The van der Waals surface area contributed by atoms with Crippen LogP contribution < -0.4 is 0 Å². The van der Waals surface area contributed by atoms with E-state index in [9.17, 15) is 8.78 Å². The van der Waals surface area contributed by atoms with Crippen LogP contribution in [0.25, 0.3) is 0 Å². The van der Waals surface area contributed by atoms with E-state index in [1.165, 1.54) is 57.8 Å². The van der Waals surface area contributed by atoms with Gasteiger partial charge in [0.2, 0.25) is 0 Å². The van der Waals surface area contributed by atoms with Crippen LogP contribution in [0.15, 0.2) is 12.2 Å². The Labute approximate surface area is 103 Å². The highest BCUT2D eigenvalue weighted by Crippen LogP contribution is 2.40. The number of hydrogen-bond acceptors (Lipinski definition) is 0. The van der Waals surface area contributed by atoms with E-state index >= 15 is 0 Å². The minimum absolute atomic E-state index is 0.524. The lowest BCUT2D eigenvalue weighted by molar-refractivity contribution is 0.167. The van der Waals surface area contributed by atoms with E-state index in [1.54, 1.807) is 0 Å². The van der Waals surface area contributed by atoms with Crippen molar-refractivity contribution in [3.63, 3.8) is 0 Å². The molecule has 0 saturated heterocycles. The molecule has 2 aliphatic carbocycles. The van der Waals surface area contributed by atoms with Crippen LogP contribution in [0.1, 0.15) is 64.2 Å². The molecule has 2 aliphatic rings. The van der Waals surface area contributed by atoms with E-state index in [4.69, 9.17) is 0 Å². The molecule has 0 aliphatic heterocycles. The first-order chi connectivity index (χ1) is 8.25. The van der Waals surface area contributed by atoms with Gasteiger partial charge < -0.3 is 0 Å². The molecule has 0 bridgehead atoms. The molecule has 2 fully saturated rings. The number of halogens is 2. The fourth-order valence-corrected chi connectivity index (χ4v) is 3.76. The van der Waals surface area contributed by atoms with Crippen molar-refractivity contribution in [1.82, 2.24) is 0 Å². The molecule has 98 valence electrons. The zero-order valence-electron chi connectivity index (χ0n) is 10.6. The van der Waals surface area contributed by atoms with Gasteiger partial charge in [0.05, 0.1) is 0 Å². The van der Waals surface area contributed by atoms with Crippen LogP contribution in [-0.2, 0) is 0 Å². The Hall–Kier alpha value is -0.400. The van der Waals surface area contributed by atoms with Crippen molar-refractivity contribution in [3.05, 3.63) is 12.2 Å². The summed E-state index contributed by atoms with van der Waals surface area (Å²) in [6.07, 6.45) is 12.2. The van der Waals surface area contributed by atoms with Gasteiger partial charge in [-0.3, -0.25) is 0 Å². The van der Waals surface area contributed by atoms with Gasteiger partial charge in [-0.25, -0.2) is 0 Å². The number of hydrogen-bond donors (Lipinski definition) is 0. The molecule has 2 heteroatoms. The molecule has 2 rings (SSSR count). The van der Waals surface area contributed by atoms with Crippen molar-refractivity contribution in [3.8, 4) is 0 Å². The highest BCUT2D eigenvalue weighted by molar-refractivity contribution is 4.86. The fraction of sp³-hybridized carbons (Fsp3) is 0.867. The van der Waals surface area contributed by atoms with Gasteiger partial charge in [0, 0.05) is 0 Å². The molecule has 0 unspecified atom stereocenters. The quantitative estimate of drug-likeness (QED) is 0.609. The van der Waals surface area contributed by atoms with Crippen molar-refractivity contribution < 1.29 is 8.78 Å². The van der Waals surface area contributed by atoms with Crippen LogP contribution in [0.2, 0.25) is 0 Å². The van der Waals surface area contributed by atoms with E-state index in [0.717, 1.165) is 17.9 Å². The lowest BCUT2D eigenvalue weighted by Gasteiger charge is -2.35. The Morgan fingerprint density at radius 2 is 1.41 bits per heavy atom. The van der Waals surface area contributed by atoms with Crippen molar-refractivity contribution in [1.29, 1.82) is 0 Å². The number of allylic oxidation sites excluding steroid dienone is 1. The van der Waals surface area contributed by atoms with Crippen LogP contribution in [0.4, 0.5) is 8.78 Å². The first-order valence-corrected chi connectivity index (χ1v) is 7.27. The van der Waals surface area contributed by atoms with Crippen LogP contribution in [0, 0.1) is 17.8 Å². The molecule has 0 aromatic rings. The third-order valence-electron chi connectivity index (χ3n) is 4.81. The van der Waals surface area contributed by atoms with Gasteiger partial charge in [-0.1, -0.05) is 32.1 Å². The second-order valence-electron chi connectivity index (χ2n) is 5.91. The van der Waals surface area contributed by atoms with Gasteiger partial charge in [0.1, 0.15) is 0 Å². The third-order valence-corrected chi connectivity index (χ3v) is 4.81. The van der Waals surface area contributed by atoms with Gasteiger partial charge in [0.15, 0.2) is 0 Å². The Morgan fingerprint density at radius 3 is 2.00 bits per heavy atom. The second-order valence-corrected chi connectivity index (χ2v) is 5.91. The minimum Gasteiger partial charge on any atom is -0.174 e. The first kappa shape index (κ1) is 13.0. The summed E-state index contributed by atoms with van der Waals surface area (Å²) >= 11 is 0. The van der Waals surface area contributed by atoms with E-state index in [2.05, 4.69) is 0 Å². The predicted octanol–water partition coefficient (Wildman–Crippen LogP) is 5.54. The normalized spacial score (nSPS) is 31.2. The minimum atomic E-state index is -1.50. The Balaban J connectivity index is 1.71. The molecular formula is C15H24F2. The standard InChI is InChI=1S/C15H24F2/c16-15(17)11-8-12-6-9-14(10-7-12)13-4-2-1-3-5-13/h11-14H,1-10H2/t12-,14-. The molecule has 0 spiro atoms. The SMILES string of the molecule is FC(F)=CC[C@H]1CC[C@H](C2CCCCC2)CC1. The van der Waals surface area contributed by atoms with Crippen LogP contribution in [0.5, 0.6) is 0 Å². The molecule has 2 saturated carbocycles. The molecule has 0 atom stereocenters. The average molecular weight is 242 g/mol. The summed E-state index contributed by atoms with van der Waals surface area (Å²) < 4.78 is 24.0. The van der Waals surface area contributed by atoms with Gasteiger partial charge in [-0.15, -0.1) is 0 Å². The highest BCUT2D eigenvalue weighted by Gasteiger charge is 2.28. The summed E-state index contributed by atoms with van der Waals surface area (Å²) in [4.78, 5) is 0. The smallest absolute Gasteiger partial charge is 0.174 e. The Kier molecular flexibility index (Phi) is 4.99. The summed E-state index contributed by atoms with van der Waals surface area (Å²) in [5, 5.41) is 0. The average Bonchev–Trinajstić information content (AvgIpc) is 2.38. The summed E-state index contributed by atoms with van der Waals surface area (Å²) in [7, 11) is 0. The largest absolute Gasteiger partial charge is 0.266 e. The molecule has 0 heterocycles. The Bertz CT molecular complexity index is 242.